The van der Waals surface area contributed by atoms with Gasteiger partial charge >= 0.3 is 0 Å². The van der Waals surface area contributed by atoms with Gasteiger partial charge in [0, 0.05) is 31.4 Å². The molecule has 2 aromatic rings. The summed E-state index contributed by atoms with van der Waals surface area (Å²) in [7, 11) is 0. The van der Waals surface area contributed by atoms with E-state index < -0.39 is 0 Å². The van der Waals surface area contributed by atoms with Gasteiger partial charge in [0.15, 0.2) is 0 Å². The monoisotopic (exact) mass is 340 g/mol. The largest absolute Gasteiger partial charge is 0.341 e. The number of nitrogens with one attached hydrogen (secondary N) is 1. The third kappa shape index (κ3) is 4.28. The molecule has 0 radical (unpaired) electrons. The number of nitrogens with zero attached hydrogens (tertiary/aromatic N) is 3. The number of aromatic nitrogens is 2. The van der Waals surface area contributed by atoms with Crippen molar-refractivity contribution < 1.29 is 4.79 Å². The molecule has 0 unspecified atom stereocenters. The smallest absolute Gasteiger partial charge is 0.244 e. The van der Waals surface area contributed by atoms with Gasteiger partial charge in [0.05, 0.1) is 11.7 Å². The SMILES string of the molecule is CC(C)(C)n1cc(CN[C@@H](C(=O)N2CCCC2)c2ccccc2)cn1. The van der Waals surface area contributed by atoms with Crippen LogP contribution in [-0.4, -0.2) is 33.7 Å². The van der Waals surface area contributed by atoms with Crippen molar-refractivity contribution in [2.45, 2.75) is 51.7 Å². The van der Waals surface area contributed by atoms with Crippen LogP contribution in [-0.2, 0) is 16.9 Å². The Morgan fingerprint density at radius 1 is 1.20 bits per heavy atom. The van der Waals surface area contributed by atoms with Crippen LogP contribution in [0, 0.1) is 0 Å². The molecule has 1 saturated heterocycles. The van der Waals surface area contributed by atoms with Crippen LogP contribution in [0.5, 0.6) is 0 Å². The maximum atomic E-state index is 13.0. The topological polar surface area (TPSA) is 50.2 Å². The number of benzene rings is 1. The predicted octanol–water partition coefficient (Wildman–Crippen LogP) is 3.09. The first-order valence-corrected chi connectivity index (χ1v) is 9.06. The van der Waals surface area contributed by atoms with Crippen molar-refractivity contribution in [3.63, 3.8) is 0 Å². The first kappa shape index (κ1) is 17.7. The van der Waals surface area contributed by atoms with Crippen LogP contribution in [0.1, 0.15) is 50.8 Å². The number of likely N-dealkylation sites (tertiary alicyclic amines) is 1. The number of carbonyl (C=O) groups is 1. The molecule has 5 nitrogen and oxygen atoms in total. The van der Waals surface area contributed by atoms with Crippen LogP contribution in [0.15, 0.2) is 42.7 Å². The third-order valence-electron chi connectivity index (χ3n) is 4.63. The van der Waals surface area contributed by atoms with Crippen LogP contribution >= 0.6 is 0 Å². The minimum atomic E-state index is -0.308. The summed E-state index contributed by atoms with van der Waals surface area (Å²) < 4.78 is 1.96. The van der Waals surface area contributed by atoms with Gasteiger partial charge in [-0.05, 0) is 39.2 Å². The van der Waals surface area contributed by atoms with Crippen molar-refractivity contribution in [2.75, 3.05) is 13.1 Å². The minimum absolute atomic E-state index is 0.0392. The maximum Gasteiger partial charge on any atom is 0.244 e. The zero-order valence-corrected chi connectivity index (χ0v) is 15.4. The summed E-state index contributed by atoms with van der Waals surface area (Å²) in [5, 5.41) is 7.89. The van der Waals surface area contributed by atoms with Gasteiger partial charge in [-0.25, -0.2) is 0 Å². The summed E-state index contributed by atoms with van der Waals surface area (Å²) in [5.41, 5.74) is 2.07. The fourth-order valence-electron chi connectivity index (χ4n) is 3.15. The van der Waals surface area contributed by atoms with Gasteiger partial charge in [0.25, 0.3) is 0 Å². The fraction of sp³-hybridized carbons (Fsp3) is 0.500. The predicted molar refractivity (Wildman–Crippen MR) is 99.1 cm³/mol. The molecule has 1 aromatic carbocycles. The van der Waals surface area contributed by atoms with E-state index in [1.165, 1.54) is 0 Å². The summed E-state index contributed by atoms with van der Waals surface area (Å²) in [4.78, 5) is 14.9. The third-order valence-corrected chi connectivity index (χ3v) is 4.63. The van der Waals surface area contributed by atoms with E-state index in [0.29, 0.717) is 6.54 Å². The maximum absolute atomic E-state index is 13.0. The van der Waals surface area contributed by atoms with Crippen molar-refractivity contribution in [3.05, 3.63) is 53.9 Å². The van der Waals surface area contributed by atoms with Gasteiger partial charge < -0.3 is 4.90 Å². The zero-order valence-electron chi connectivity index (χ0n) is 15.4. The Bertz CT molecular complexity index is 696. The van der Waals surface area contributed by atoms with E-state index in [4.69, 9.17) is 0 Å². The van der Waals surface area contributed by atoms with Crippen LogP contribution in [0.25, 0.3) is 0 Å². The lowest BCUT2D eigenvalue weighted by atomic mass is 10.1. The lowest BCUT2D eigenvalue weighted by Gasteiger charge is -2.24. The van der Waals surface area contributed by atoms with E-state index >= 15 is 0 Å². The summed E-state index contributed by atoms with van der Waals surface area (Å²) in [5.74, 6) is 0.173. The molecule has 1 N–H and O–H groups in total. The normalized spacial score (nSPS) is 16.2. The summed E-state index contributed by atoms with van der Waals surface area (Å²) in [6.45, 7) is 8.73. The number of amides is 1. The molecule has 0 bridgehead atoms. The van der Waals surface area contributed by atoms with E-state index in [1.807, 2.05) is 46.1 Å². The molecule has 134 valence electrons. The average molecular weight is 340 g/mol. The van der Waals surface area contributed by atoms with Crippen LogP contribution in [0.3, 0.4) is 0 Å². The van der Waals surface area contributed by atoms with Gasteiger partial charge in [0.2, 0.25) is 5.91 Å². The highest BCUT2D eigenvalue weighted by Crippen LogP contribution is 2.20. The Labute approximate surface area is 150 Å². The van der Waals surface area contributed by atoms with E-state index in [-0.39, 0.29) is 17.5 Å². The Balaban J connectivity index is 1.73. The highest BCUT2D eigenvalue weighted by molar-refractivity contribution is 5.83. The number of hydrogen-bond acceptors (Lipinski definition) is 3. The Morgan fingerprint density at radius 2 is 1.88 bits per heavy atom. The summed E-state index contributed by atoms with van der Waals surface area (Å²) in [6.07, 6.45) is 6.13. The zero-order chi connectivity index (χ0) is 17.9. The van der Waals surface area contributed by atoms with Crippen molar-refractivity contribution in [3.8, 4) is 0 Å². The molecule has 1 atom stereocenters. The second-order valence-electron chi connectivity index (χ2n) is 7.72. The molecule has 1 amide bonds. The van der Waals surface area contributed by atoms with Gasteiger partial charge in [0.1, 0.15) is 6.04 Å². The Morgan fingerprint density at radius 3 is 2.48 bits per heavy atom. The number of hydrogen-bond donors (Lipinski definition) is 1. The van der Waals surface area contributed by atoms with Gasteiger partial charge in [-0.3, -0.25) is 14.8 Å². The lowest BCUT2D eigenvalue weighted by molar-refractivity contribution is -0.132. The van der Waals surface area contributed by atoms with Gasteiger partial charge in [-0.1, -0.05) is 30.3 Å². The van der Waals surface area contributed by atoms with Crippen LogP contribution in [0.2, 0.25) is 0 Å². The molecule has 1 aliphatic rings. The number of carbonyl (C=O) groups excluding carboxylic acids is 1. The quantitative estimate of drug-likeness (QED) is 0.910. The Kier molecular flexibility index (Phi) is 5.23. The molecule has 0 aliphatic carbocycles. The molecular weight excluding hydrogens is 312 g/mol. The second kappa shape index (κ2) is 7.40. The van der Waals surface area contributed by atoms with Gasteiger partial charge in [-0.2, -0.15) is 5.10 Å². The van der Waals surface area contributed by atoms with Crippen molar-refractivity contribution >= 4 is 5.91 Å². The molecule has 2 heterocycles. The van der Waals surface area contributed by atoms with E-state index in [9.17, 15) is 4.79 Å². The van der Waals surface area contributed by atoms with Gasteiger partial charge in [-0.15, -0.1) is 0 Å². The highest BCUT2D eigenvalue weighted by Gasteiger charge is 2.27. The molecule has 1 aliphatic heterocycles. The summed E-state index contributed by atoms with van der Waals surface area (Å²) in [6, 6.07) is 9.68. The second-order valence-corrected chi connectivity index (χ2v) is 7.72. The molecule has 1 aromatic heterocycles. The summed E-state index contributed by atoms with van der Waals surface area (Å²) >= 11 is 0. The molecule has 3 rings (SSSR count). The highest BCUT2D eigenvalue weighted by atomic mass is 16.2. The Hall–Kier alpha value is -2.14. The molecule has 1 fully saturated rings. The van der Waals surface area contributed by atoms with E-state index in [1.54, 1.807) is 0 Å². The molecule has 0 spiro atoms. The van der Waals surface area contributed by atoms with Crippen LogP contribution in [0.4, 0.5) is 0 Å². The standard InChI is InChI=1S/C20H28N4O/c1-20(2,3)24-15-16(14-22-24)13-21-18(17-9-5-4-6-10-17)19(25)23-11-7-8-12-23/h4-6,9-10,14-15,18,21H,7-8,11-13H2,1-3H3/t18-/m1/s1. The van der Waals surface area contributed by atoms with Crippen LogP contribution < -0.4 is 5.32 Å². The first-order chi connectivity index (χ1) is 11.9. The molecule has 5 heteroatoms. The van der Waals surface area contributed by atoms with Crippen molar-refractivity contribution in [1.29, 1.82) is 0 Å². The number of rotatable bonds is 5. The first-order valence-electron chi connectivity index (χ1n) is 9.06. The van der Waals surface area contributed by atoms with Crippen molar-refractivity contribution in [1.82, 2.24) is 20.0 Å². The molecule has 25 heavy (non-hydrogen) atoms. The molecular formula is C20H28N4O. The molecule has 0 saturated carbocycles. The lowest BCUT2D eigenvalue weighted by Crippen LogP contribution is -2.39. The van der Waals surface area contributed by atoms with E-state index in [0.717, 1.165) is 37.1 Å². The van der Waals surface area contributed by atoms with E-state index in [2.05, 4.69) is 37.4 Å². The fourth-order valence-corrected chi connectivity index (χ4v) is 3.15. The van der Waals surface area contributed by atoms with Crippen molar-refractivity contribution in [2.24, 2.45) is 0 Å². The minimum Gasteiger partial charge on any atom is -0.341 e. The average Bonchev–Trinajstić information content (AvgIpc) is 3.27.